The first-order valence-corrected chi connectivity index (χ1v) is 8.40. The van der Waals surface area contributed by atoms with Gasteiger partial charge < -0.3 is 4.74 Å². The van der Waals surface area contributed by atoms with Gasteiger partial charge in [0.25, 0.3) is 0 Å². The summed E-state index contributed by atoms with van der Waals surface area (Å²) < 4.78 is 5.10. The van der Waals surface area contributed by atoms with Crippen LogP contribution in [0.5, 0.6) is 0 Å². The number of methoxy groups -OCH3 is 1. The second kappa shape index (κ2) is 5.93. The van der Waals surface area contributed by atoms with Gasteiger partial charge in [-0.2, -0.15) is 0 Å². The molecule has 5 nitrogen and oxygen atoms in total. The van der Waals surface area contributed by atoms with Crippen LogP contribution in [0.25, 0.3) is 0 Å². The van der Waals surface area contributed by atoms with E-state index in [1.54, 1.807) is 12.4 Å². The van der Waals surface area contributed by atoms with Crippen LogP contribution >= 0.6 is 11.8 Å². The van der Waals surface area contributed by atoms with Crippen LogP contribution in [0.3, 0.4) is 0 Å². The molecule has 0 amide bonds. The number of aryl methyl sites for hydroxylation is 1. The van der Waals surface area contributed by atoms with Gasteiger partial charge in [0.05, 0.1) is 7.11 Å². The van der Waals surface area contributed by atoms with Gasteiger partial charge in [0, 0.05) is 24.2 Å². The molecule has 1 heterocycles. The van der Waals surface area contributed by atoms with E-state index in [1.807, 2.05) is 6.92 Å². The van der Waals surface area contributed by atoms with E-state index in [-0.39, 0.29) is 5.97 Å². The van der Waals surface area contributed by atoms with Gasteiger partial charge in [-0.05, 0) is 44.1 Å². The van der Waals surface area contributed by atoms with Gasteiger partial charge in [-0.3, -0.25) is 10.1 Å². The molecule has 0 saturated heterocycles. The minimum Gasteiger partial charge on any atom is -0.468 e. The summed E-state index contributed by atoms with van der Waals surface area (Å²) in [5, 5.41) is 4.26. The number of nitrogens with one attached hydrogen (secondary N) is 1. The minimum absolute atomic E-state index is 0.142. The lowest BCUT2D eigenvalue weighted by Gasteiger charge is -2.32. The summed E-state index contributed by atoms with van der Waals surface area (Å²) in [7, 11) is 1.47. The van der Waals surface area contributed by atoms with E-state index in [2.05, 4.69) is 15.3 Å². The topological polar surface area (TPSA) is 64.1 Å². The van der Waals surface area contributed by atoms with Crippen molar-refractivity contribution in [1.82, 2.24) is 15.3 Å². The number of hydrogen-bond acceptors (Lipinski definition) is 6. The second-order valence-corrected chi connectivity index (χ2v) is 6.93. The van der Waals surface area contributed by atoms with Crippen molar-refractivity contribution in [2.45, 2.75) is 49.3 Å². The summed E-state index contributed by atoms with van der Waals surface area (Å²) in [6.07, 6.45) is 8.09. The Bertz CT molecular complexity index is 514. The first kappa shape index (κ1) is 14.8. The van der Waals surface area contributed by atoms with Gasteiger partial charge >= 0.3 is 5.97 Å². The van der Waals surface area contributed by atoms with Crippen LogP contribution in [0.1, 0.15) is 31.2 Å². The Morgan fingerprint density at radius 3 is 2.57 bits per heavy atom. The van der Waals surface area contributed by atoms with Crippen molar-refractivity contribution < 1.29 is 9.53 Å². The number of thioether (sulfide) groups is 1. The summed E-state index contributed by atoms with van der Waals surface area (Å²) in [5.74, 6) is 0.865. The molecule has 1 aromatic rings. The lowest BCUT2D eigenvalue weighted by atomic mass is 9.95. The lowest BCUT2D eigenvalue weighted by molar-refractivity contribution is -0.148. The lowest BCUT2D eigenvalue weighted by Crippen LogP contribution is -2.57. The number of nitrogens with zero attached hydrogens (tertiary/aromatic N) is 2. The second-order valence-electron chi connectivity index (χ2n) is 5.99. The molecule has 1 unspecified atom stereocenters. The number of hydrogen-bond donors (Lipinski definition) is 1. The highest BCUT2D eigenvalue weighted by Crippen LogP contribution is 2.44. The standard InChI is InChI=1S/C15H21N3O2S/c1-10-7-16-14(17-8-10)21-9-15(11-3-4-11,13(19)20-2)18-12-5-6-12/h7-8,11-12,18H,3-6,9H2,1-2H3. The molecule has 1 atom stereocenters. The van der Waals surface area contributed by atoms with Gasteiger partial charge in [0.15, 0.2) is 5.16 Å². The van der Waals surface area contributed by atoms with Crippen LogP contribution in [0, 0.1) is 12.8 Å². The van der Waals surface area contributed by atoms with Crippen molar-refractivity contribution in [1.29, 1.82) is 0 Å². The maximum atomic E-state index is 12.4. The molecule has 0 aromatic carbocycles. The Kier molecular flexibility index (Phi) is 4.17. The Hall–Kier alpha value is -1.14. The van der Waals surface area contributed by atoms with Gasteiger partial charge in [0.1, 0.15) is 5.54 Å². The first-order valence-electron chi connectivity index (χ1n) is 7.41. The third-order valence-corrected chi connectivity index (χ3v) is 5.12. The average molecular weight is 307 g/mol. The first-order chi connectivity index (χ1) is 10.1. The van der Waals surface area contributed by atoms with E-state index in [1.165, 1.54) is 18.9 Å². The zero-order chi connectivity index (χ0) is 14.9. The Morgan fingerprint density at radius 1 is 1.38 bits per heavy atom. The third kappa shape index (κ3) is 3.37. The van der Waals surface area contributed by atoms with E-state index in [0.29, 0.717) is 22.9 Å². The molecule has 3 rings (SSSR count). The molecule has 2 aliphatic carbocycles. The summed E-state index contributed by atoms with van der Waals surface area (Å²) >= 11 is 1.53. The van der Waals surface area contributed by atoms with Crippen molar-refractivity contribution >= 4 is 17.7 Å². The highest BCUT2D eigenvalue weighted by molar-refractivity contribution is 7.99. The molecular formula is C15H21N3O2S. The molecule has 114 valence electrons. The summed E-state index contributed by atoms with van der Waals surface area (Å²) in [6.45, 7) is 1.96. The predicted octanol–water partition coefficient (Wildman–Crippen LogP) is 1.95. The zero-order valence-electron chi connectivity index (χ0n) is 12.5. The fraction of sp³-hybridized carbons (Fsp3) is 0.667. The molecule has 2 aliphatic rings. The number of rotatable bonds is 7. The van der Waals surface area contributed by atoms with Gasteiger partial charge in [-0.1, -0.05) is 11.8 Å². The van der Waals surface area contributed by atoms with Gasteiger partial charge in [-0.25, -0.2) is 9.97 Å². The zero-order valence-corrected chi connectivity index (χ0v) is 13.3. The quantitative estimate of drug-likeness (QED) is 0.472. The predicted molar refractivity (Wildman–Crippen MR) is 81.1 cm³/mol. The summed E-state index contributed by atoms with van der Waals surface area (Å²) in [4.78, 5) is 21.0. The van der Waals surface area contributed by atoms with E-state index >= 15 is 0 Å². The maximum Gasteiger partial charge on any atom is 0.327 e. The highest BCUT2D eigenvalue weighted by atomic mass is 32.2. The van der Waals surface area contributed by atoms with Crippen molar-refractivity contribution in [3.8, 4) is 0 Å². The number of aromatic nitrogens is 2. The summed E-state index contributed by atoms with van der Waals surface area (Å²) in [6, 6.07) is 0.462. The van der Waals surface area contributed by atoms with E-state index in [9.17, 15) is 4.79 Å². The van der Waals surface area contributed by atoms with E-state index < -0.39 is 5.54 Å². The molecule has 1 N–H and O–H groups in total. The largest absolute Gasteiger partial charge is 0.468 e. The molecule has 0 spiro atoms. The van der Waals surface area contributed by atoms with Crippen LogP contribution < -0.4 is 5.32 Å². The van der Waals surface area contributed by atoms with Gasteiger partial charge in [-0.15, -0.1) is 0 Å². The maximum absolute atomic E-state index is 12.4. The third-order valence-electron chi connectivity index (χ3n) is 4.05. The fourth-order valence-electron chi connectivity index (χ4n) is 2.55. The SMILES string of the molecule is COC(=O)C(CSc1ncc(C)cn1)(NC1CC1)C1CC1. The van der Waals surface area contributed by atoms with Crippen LogP contribution in [-0.4, -0.2) is 40.4 Å². The fourth-order valence-corrected chi connectivity index (χ4v) is 3.59. The van der Waals surface area contributed by atoms with Crippen molar-refractivity contribution in [2.24, 2.45) is 5.92 Å². The van der Waals surface area contributed by atoms with E-state index in [4.69, 9.17) is 4.74 Å². The number of carbonyl (C=O) groups excluding carboxylic acids is 1. The van der Waals surface area contributed by atoms with Gasteiger partial charge in [0.2, 0.25) is 0 Å². The average Bonchev–Trinajstić information content (AvgIpc) is 3.37. The smallest absolute Gasteiger partial charge is 0.327 e. The number of carbonyl (C=O) groups is 1. The van der Waals surface area contributed by atoms with Crippen molar-refractivity contribution in [2.75, 3.05) is 12.9 Å². The van der Waals surface area contributed by atoms with Crippen LogP contribution in [0.4, 0.5) is 0 Å². The molecule has 2 fully saturated rings. The van der Waals surface area contributed by atoms with Crippen molar-refractivity contribution in [3.63, 3.8) is 0 Å². The molecular weight excluding hydrogens is 286 g/mol. The van der Waals surface area contributed by atoms with Crippen molar-refractivity contribution in [3.05, 3.63) is 18.0 Å². The van der Waals surface area contributed by atoms with E-state index in [0.717, 1.165) is 31.2 Å². The minimum atomic E-state index is -0.575. The van der Waals surface area contributed by atoms with Crippen LogP contribution in [0.15, 0.2) is 17.6 Å². The normalized spacial score (nSPS) is 20.9. The molecule has 0 bridgehead atoms. The van der Waals surface area contributed by atoms with Crippen LogP contribution in [-0.2, 0) is 9.53 Å². The molecule has 0 radical (unpaired) electrons. The molecule has 6 heteroatoms. The number of esters is 1. The number of ether oxygens (including phenoxy) is 1. The monoisotopic (exact) mass is 307 g/mol. The molecule has 1 aromatic heterocycles. The van der Waals surface area contributed by atoms with Crippen LogP contribution in [0.2, 0.25) is 0 Å². The Morgan fingerprint density at radius 2 is 2.05 bits per heavy atom. The Balaban J connectivity index is 1.74. The Labute approximate surface area is 129 Å². The summed E-state index contributed by atoms with van der Waals surface area (Å²) in [5.41, 5.74) is 0.464. The molecule has 2 saturated carbocycles. The highest BCUT2D eigenvalue weighted by Gasteiger charge is 2.53. The molecule has 0 aliphatic heterocycles. The molecule has 21 heavy (non-hydrogen) atoms.